The van der Waals surface area contributed by atoms with E-state index in [4.69, 9.17) is 11.6 Å². The highest BCUT2D eigenvalue weighted by Gasteiger charge is 2.29. The van der Waals surface area contributed by atoms with Crippen LogP contribution in [0.5, 0.6) is 0 Å². The lowest BCUT2D eigenvalue weighted by molar-refractivity contribution is -0.133. The Labute approximate surface area is 142 Å². The molecule has 9 heteroatoms. The molecule has 0 radical (unpaired) electrons. The minimum Gasteiger partial charge on any atom is -0.341 e. The molecule has 1 amide bonds. The van der Waals surface area contributed by atoms with Gasteiger partial charge < -0.3 is 4.90 Å². The van der Waals surface area contributed by atoms with Gasteiger partial charge in [0.2, 0.25) is 15.9 Å². The average Bonchev–Trinajstić information content (AvgIpc) is 2.73. The Bertz CT molecular complexity index is 693. The minimum absolute atomic E-state index is 0.0206. The van der Waals surface area contributed by atoms with E-state index in [-0.39, 0.29) is 18.5 Å². The van der Waals surface area contributed by atoms with Gasteiger partial charge in [-0.3, -0.25) is 9.48 Å². The molecule has 0 bridgehead atoms. The summed E-state index contributed by atoms with van der Waals surface area (Å²) in [6, 6.07) is -0.0443. The number of nitrogens with zero attached hydrogens (tertiary/aromatic N) is 4. The Kier molecular flexibility index (Phi) is 5.37. The molecule has 2 heterocycles. The van der Waals surface area contributed by atoms with Gasteiger partial charge in [-0.05, 0) is 26.7 Å². The number of hydrogen-bond acceptors (Lipinski definition) is 4. The molecule has 0 unspecified atom stereocenters. The zero-order chi connectivity index (χ0) is 17.4. The van der Waals surface area contributed by atoms with Crippen LogP contribution in [-0.4, -0.2) is 65.7 Å². The molecule has 0 aliphatic carbocycles. The molecular weight excluding hydrogens is 340 g/mol. The molecule has 130 valence electrons. The predicted octanol–water partition coefficient (Wildman–Crippen LogP) is 1.04. The van der Waals surface area contributed by atoms with E-state index in [0.717, 1.165) is 5.69 Å². The SMILES string of the molecule is Cc1nn(CC(=O)N2CCC(N(C)S(C)(=O)=O)CC2)c(C)c1Cl. The zero-order valence-corrected chi connectivity index (χ0v) is 15.5. The second kappa shape index (κ2) is 6.78. The highest BCUT2D eigenvalue weighted by Crippen LogP contribution is 2.20. The minimum atomic E-state index is -3.20. The van der Waals surface area contributed by atoms with Crippen LogP contribution in [0.2, 0.25) is 5.02 Å². The predicted molar refractivity (Wildman–Crippen MR) is 88.9 cm³/mol. The number of carbonyl (C=O) groups is 1. The number of carbonyl (C=O) groups excluding carboxylic acids is 1. The first-order valence-electron chi connectivity index (χ1n) is 7.51. The van der Waals surface area contributed by atoms with Crippen LogP contribution in [-0.2, 0) is 21.4 Å². The fourth-order valence-corrected chi connectivity index (χ4v) is 3.69. The van der Waals surface area contributed by atoms with E-state index in [1.165, 1.54) is 10.6 Å². The summed E-state index contributed by atoms with van der Waals surface area (Å²) in [7, 11) is -1.60. The Morgan fingerprint density at radius 3 is 2.35 bits per heavy atom. The van der Waals surface area contributed by atoms with Gasteiger partial charge in [-0.25, -0.2) is 12.7 Å². The molecule has 0 spiro atoms. The molecule has 2 rings (SSSR count). The van der Waals surface area contributed by atoms with Crippen LogP contribution in [0.15, 0.2) is 0 Å². The van der Waals surface area contributed by atoms with Crippen LogP contribution in [0.4, 0.5) is 0 Å². The Morgan fingerprint density at radius 1 is 1.35 bits per heavy atom. The van der Waals surface area contributed by atoms with Gasteiger partial charge in [0.15, 0.2) is 0 Å². The van der Waals surface area contributed by atoms with Gasteiger partial charge in [-0.2, -0.15) is 5.10 Å². The summed E-state index contributed by atoms with van der Waals surface area (Å²) >= 11 is 6.09. The molecule has 0 N–H and O–H groups in total. The van der Waals surface area contributed by atoms with Gasteiger partial charge >= 0.3 is 0 Å². The summed E-state index contributed by atoms with van der Waals surface area (Å²) < 4.78 is 26.2. The van der Waals surface area contributed by atoms with Crippen LogP contribution < -0.4 is 0 Å². The number of sulfonamides is 1. The lowest BCUT2D eigenvalue weighted by Crippen LogP contribution is -2.47. The van der Waals surface area contributed by atoms with Gasteiger partial charge in [-0.15, -0.1) is 0 Å². The maximum absolute atomic E-state index is 12.4. The number of halogens is 1. The molecule has 7 nitrogen and oxygen atoms in total. The molecule has 1 aliphatic heterocycles. The molecule has 1 saturated heterocycles. The van der Waals surface area contributed by atoms with E-state index >= 15 is 0 Å². The first kappa shape index (κ1) is 18.2. The number of aromatic nitrogens is 2. The second-order valence-corrected chi connectivity index (χ2v) is 8.45. The molecular formula is C14H23ClN4O3S. The number of hydrogen-bond donors (Lipinski definition) is 0. The average molecular weight is 363 g/mol. The Balaban J connectivity index is 1.95. The van der Waals surface area contributed by atoms with E-state index in [2.05, 4.69) is 5.10 Å². The zero-order valence-electron chi connectivity index (χ0n) is 13.9. The monoisotopic (exact) mass is 362 g/mol. The maximum Gasteiger partial charge on any atom is 0.244 e. The topological polar surface area (TPSA) is 75.5 Å². The van der Waals surface area contributed by atoms with Crippen molar-refractivity contribution in [3.63, 3.8) is 0 Å². The molecule has 1 fully saturated rings. The first-order valence-corrected chi connectivity index (χ1v) is 9.74. The fraction of sp³-hybridized carbons (Fsp3) is 0.714. The van der Waals surface area contributed by atoms with Crippen molar-refractivity contribution in [2.75, 3.05) is 26.4 Å². The highest BCUT2D eigenvalue weighted by atomic mass is 35.5. The van der Waals surface area contributed by atoms with Crippen molar-refractivity contribution >= 4 is 27.5 Å². The van der Waals surface area contributed by atoms with Gasteiger partial charge in [0.25, 0.3) is 0 Å². The van der Waals surface area contributed by atoms with E-state index in [9.17, 15) is 13.2 Å². The largest absolute Gasteiger partial charge is 0.341 e. The van der Waals surface area contributed by atoms with Crippen molar-refractivity contribution in [2.45, 2.75) is 39.3 Å². The summed E-state index contributed by atoms with van der Waals surface area (Å²) in [6.07, 6.45) is 2.50. The van der Waals surface area contributed by atoms with Gasteiger partial charge in [0.05, 0.1) is 22.7 Å². The number of rotatable bonds is 4. The fourth-order valence-electron chi connectivity index (χ4n) is 2.81. The molecule has 0 saturated carbocycles. The van der Waals surface area contributed by atoms with Crippen molar-refractivity contribution in [3.05, 3.63) is 16.4 Å². The van der Waals surface area contributed by atoms with Crippen molar-refractivity contribution in [2.24, 2.45) is 0 Å². The summed E-state index contributed by atoms with van der Waals surface area (Å²) in [6.45, 7) is 4.91. The standard InChI is InChI=1S/C14H23ClN4O3S/c1-10-14(15)11(2)19(16-10)9-13(20)18-7-5-12(6-8-18)17(3)23(4,21)22/h12H,5-9H2,1-4H3. The summed E-state index contributed by atoms with van der Waals surface area (Å²) in [5.41, 5.74) is 1.50. The normalized spacial score (nSPS) is 17.0. The van der Waals surface area contributed by atoms with Crippen LogP contribution in [0.3, 0.4) is 0 Å². The van der Waals surface area contributed by atoms with Crippen LogP contribution >= 0.6 is 11.6 Å². The van der Waals surface area contributed by atoms with Crippen molar-refractivity contribution < 1.29 is 13.2 Å². The van der Waals surface area contributed by atoms with E-state index in [1.807, 2.05) is 13.8 Å². The second-order valence-electron chi connectivity index (χ2n) is 6.03. The summed E-state index contributed by atoms with van der Waals surface area (Å²) in [5.74, 6) is -0.0206. The van der Waals surface area contributed by atoms with Gasteiger partial charge in [-0.1, -0.05) is 11.6 Å². The van der Waals surface area contributed by atoms with E-state index in [0.29, 0.717) is 36.6 Å². The lowest BCUT2D eigenvalue weighted by atomic mass is 10.1. The Hall–Kier alpha value is -1.12. The van der Waals surface area contributed by atoms with Crippen LogP contribution in [0.25, 0.3) is 0 Å². The van der Waals surface area contributed by atoms with Gasteiger partial charge in [0.1, 0.15) is 6.54 Å². The molecule has 23 heavy (non-hydrogen) atoms. The summed E-state index contributed by atoms with van der Waals surface area (Å²) in [4.78, 5) is 14.2. The maximum atomic E-state index is 12.4. The Morgan fingerprint density at radius 2 is 1.91 bits per heavy atom. The van der Waals surface area contributed by atoms with Gasteiger partial charge in [0, 0.05) is 26.2 Å². The highest BCUT2D eigenvalue weighted by molar-refractivity contribution is 7.88. The first-order chi connectivity index (χ1) is 10.6. The van der Waals surface area contributed by atoms with E-state index in [1.54, 1.807) is 16.6 Å². The van der Waals surface area contributed by atoms with E-state index < -0.39 is 10.0 Å². The molecule has 1 aromatic rings. The third kappa shape index (κ3) is 4.05. The van der Waals surface area contributed by atoms with Crippen molar-refractivity contribution in [1.29, 1.82) is 0 Å². The van der Waals surface area contributed by atoms with Crippen LogP contribution in [0.1, 0.15) is 24.2 Å². The lowest BCUT2D eigenvalue weighted by Gasteiger charge is -2.35. The number of likely N-dealkylation sites (tertiary alicyclic amines) is 1. The van der Waals surface area contributed by atoms with Crippen LogP contribution in [0, 0.1) is 13.8 Å². The van der Waals surface area contributed by atoms with Crippen molar-refractivity contribution in [1.82, 2.24) is 19.0 Å². The molecule has 0 atom stereocenters. The quantitative estimate of drug-likeness (QED) is 0.801. The number of piperidine rings is 1. The molecule has 1 aromatic heterocycles. The number of aryl methyl sites for hydroxylation is 1. The number of amides is 1. The van der Waals surface area contributed by atoms with Crippen molar-refractivity contribution in [3.8, 4) is 0 Å². The third-order valence-electron chi connectivity index (χ3n) is 4.43. The summed E-state index contributed by atoms with van der Waals surface area (Å²) in [5, 5.41) is 4.86. The molecule has 0 aromatic carbocycles. The third-order valence-corrected chi connectivity index (χ3v) is 6.32. The molecule has 1 aliphatic rings. The smallest absolute Gasteiger partial charge is 0.244 e.